The Morgan fingerprint density at radius 2 is 2.04 bits per heavy atom. The van der Waals surface area contributed by atoms with E-state index in [1.165, 1.54) is 0 Å². The van der Waals surface area contributed by atoms with E-state index in [1.807, 2.05) is 13.0 Å². The minimum Gasteiger partial charge on any atom is -0.483 e. The van der Waals surface area contributed by atoms with Crippen LogP contribution in [-0.2, 0) is 20.8 Å². The molecule has 0 saturated carbocycles. The number of nitrogens with one attached hydrogen (secondary N) is 1. The van der Waals surface area contributed by atoms with Crippen LogP contribution in [0, 0.1) is 0 Å². The fourth-order valence-corrected chi connectivity index (χ4v) is 2.39. The van der Waals surface area contributed by atoms with Gasteiger partial charge in [0.05, 0.1) is 18.6 Å². The number of hydrogen-bond acceptors (Lipinski definition) is 5. The van der Waals surface area contributed by atoms with E-state index in [-0.39, 0.29) is 18.1 Å². The van der Waals surface area contributed by atoms with Crippen molar-refractivity contribution in [3.63, 3.8) is 0 Å². The Balaban J connectivity index is 2.10. The van der Waals surface area contributed by atoms with Crippen molar-refractivity contribution in [2.45, 2.75) is 13.5 Å². The van der Waals surface area contributed by atoms with Gasteiger partial charge in [-0.15, -0.1) is 0 Å². The van der Waals surface area contributed by atoms with Gasteiger partial charge in [-0.05, 0) is 25.1 Å². The monoisotopic (exact) mass is 348 g/mol. The number of ether oxygens (including phenoxy) is 3. The molecule has 2 rings (SSSR count). The van der Waals surface area contributed by atoms with E-state index in [4.69, 9.17) is 14.2 Å². The second-order valence-electron chi connectivity index (χ2n) is 5.36. The zero-order chi connectivity index (χ0) is 18.1. The van der Waals surface area contributed by atoms with Gasteiger partial charge in [-0.1, -0.05) is 6.07 Å². The lowest BCUT2D eigenvalue weighted by atomic mass is 10.1. The van der Waals surface area contributed by atoms with Gasteiger partial charge in [-0.25, -0.2) is 0 Å². The molecule has 0 radical (unpaired) electrons. The maximum Gasteiger partial charge on any atom is 0.258 e. The number of methoxy groups -OCH3 is 1. The Hall–Kier alpha value is -2.38. The summed E-state index contributed by atoms with van der Waals surface area (Å²) < 4.78 is 17.4. The van der Waals surface area contributed by atoms with Crippen molar-refractivity contribution in [3.8, 4) is 5.75 Å². The minimum absolute atomic E-state index is 0.104. The van der Waals surface area contributed by atoms with Gasteiger partial charge in [0.1, 0.15) is 5.75 Å². The molecule has 2 aromatic rings. The summed E-state index contributed by atoms with van der Waals surface area (Å²) >= 11 is 0. The molecule has 0 unspecified atom stereocenters. The number of benzene rings is 1. The maximum absolute atomic E-state index is 12.5. The van der Waals surface area contributed by atoms with E-state index in [2.05, 4.69) is 5.32 Å². The van der Waals surface area contributed by atoms with E-state index in [0.717, 1.165) is 0 Å². The van der Waals surface area contributed by atoms with Crippen molar-refractivity contribution in [2.24, 2.45) is 0 Å². The summed E-state index contributed by atoms with van der Waals surface area (Å²) in [5.41, 5.74) is -0.104. The smallest absolute Gasteiger partial charge is 0.258 e. The second-order valence-corrected chi connectivity index (χ2v) is 5.36. The molecule has 0 aliphatic carbocycles. The first-order valence-corrected chi connectivity index (χ1v) is 8.25. The van der Waals surface area contributed by atoms with Gasteiger partial charge in [0.25, 0.3) is 11.5 Å². The predicted molar refractivity (Wildman–Crippen MR) is 95.1 cm³/mol. The highest BCUT2D eigenvalue weighted by Crippen LogP contribution is 2.23. The van der Waals surface area contributed by atoms with Crippen LogP contribution in [0.1, 0.15) is 6.92 Å². The molecule has 1 heterocycles. The highest BCUT2D eigenvalue weighted by molar-refractivity contribution is 5.88. The third kappa shape index (κ3) is 5.30. The molecule has 1 N–H and O–H groups in total. The van der Waals surface area contributed by atoms with Crippen molar-refractivity contribution >= 4 is 16.7 Å². The standard InChI is InChI=1S/C18H24N2O5/c1-3-24-12-10-20-9-7-14-15(18(20)22)5-4-6-16(14)25-13-17(21)19-8-11-23-2/h4-7,9H,3,8,10-13H2,1-2H3,(H,19,21). The number of carbonyl (C=O) groups excluding carboxylic acids is 1. The molecular weight excluding hydrogens is 324 g/mol. The number of hydrogen-bond donors (Lipinski definition) is 1. The summed E-state index contributed by atoms with van der Waals surface area (Å²) in [5, 5.41) is 3.92. The Bertz CT molecular complexity index is 757. The molecular formula is C18H24N2O5. The molecule has 1 aromatic heterocycles. The highest BCUT2D eigenvalue weighted by Gasteiger charge is 2.09. The predicted octanol–water partition coefficient (Wildman–Crippen LogP) is 1.18. The molecule has 0 atom stereocenters. The number of aromatic nitrogens is 1. The van der Waals surface area contributed by atoms with Gasteiger partial charge >= 0.3 is 0 Å². The Morgan fingerprint density at radius 3 is 2.80 bits per heavy atom. The van der Waals surface area contributed by atoms with E-state index in [1.54, 1.807) is 36.1 Å². The molecule has 0 aliphatic heterocycles. The molecule has 7 heteroatoms. The fraction of sp³-hybridized carbons (Fsp3) is 0.444. The summed E-state index contributed by atoms with van der Waals surface area (Å²) in [7, 11) is 1.57. The average Bonchev–Trinajstić information content (AvgIpc) is 2.62. The SMILES string of the molecule is CCOCCn1ccc2c(OCC(=O)NCCOC)cccc2c1=O. The Labute approximate surface area is 146 Å². The summed E-state index contributed by atoms with van der Waals surface area (Å²) in [6.45, 7) is 4.27. The van der Waals surface area contributed by atoms with Crippen LogP contribution >= 0.6 is 0 Å². The molecule has 0 saturated heterocycles. The van der Waals surface area contributed by atoms with Gasteiger partial charge in [-0.3, -0.25) is 9.59 Å². The number of nitrogens with zero attached hydrogens (tertiary/aromatic N) is 1. The minimum atomic E-state index is -0.237. The summed E-state index contributed by atoms with van der Waals surface area (Å²) in [6.07, 6.45) is 1.72. The number of pyridine rings is 1. The number of amides is 1. The first-order valence-electron chi connectivity index (χ1n) is 8.25. The maximum atomic E-state index is 12.5. The second kappa shape index (κ2) is 9.80. The lowest BCUT2D eigenvalue weighted by Crippen LogP contribution is -2.31. The average molecular weight is 348 g/mol. The normalized spacial score (nSPS) is 10.8. The molecule has 0 spiro atoms. The molecule has 136 valence electrons. The highest BCUT2D eigenvalue weighted by atomic mass is 16.5. The molecule has 25 heavy (non-hydrogen) atoms. The van der Waals surface area contributed by atoms with Crippen LogP contribution in [0.15, 0.2) is 35.3 Å². The summed E-state index contributed by atoms with van der Waals surface area (Å²) in [5.74, 6) is 0.271. The molecule has 7 nitrogen and oxygen atoms in total. The van der Waals surface area contributed by atoms with Gasteiger partial charge in [0, 0.05) is 38.4 Å². The molecule has 1 amide bonds. The third-order valence-corrected chi connectivity index (χ3v) is 3.65. The zero-order valence-corrected chi connectivity index (χ0v) is 14.6. The molecule has 1 aromatic carbocycles. The summed E-state index contributed by atoms with van der Waals surface area (Å²) in [4.78, 5) is 24.3. The topological polar surface area (TPSA) is 78.8 Å². The van der Waals surface area contributed by atoms with Gasteiger partial charge in [0.2, 0.25) is 0 Å². The van der Waals surface area contributed by atoms with E-state index in [0.29, 0.717) is 49.4 Å². The van der Waals surface area contributed by atoms with Crippen LogP contribution in [0.4, 0.5) is 0 Å². The third-order valence-electron chi connectivity index (χ3n) is 3.65. The van der Waals surface area contributed by atoms with Crippen molar-refractivity contribution < 1.29 is 19.0 Å². The van der Waals surface area contributed by atoms with E-state index >= 15 is 0 Å². The molecule has 0 aliphatic rings. The van der Waals surface area contributed by atoms with Crippen molar-refractivity contribution in [1.29, 1.82) is 0 Å². The van der Waals surface area contributed by atoms with Crippen LogP contribution in [-0.4, -0.2) is 50.6 Å². The summed E-state index contributed by atoms with van der Waals surface area (Å²) in [6, 6.07) is 7.06. The lowest BCUT2D eigenvalue weighted by molar-refractivity contribution is -0.123. The largest absolute Gasteiger partial charge is 0.483 e. The van der Waals surface area contributed by atoms with Crippen LogP contribution < -0.4 is 15.6 Å². The Kier molecular flexibility index (Phi) is 7.43. The number of carbonyl (C=O) groups is 1. The first kappa shape index (κ1) is 19.0. The zero-order valence-electron chi connectivity index (χ0n) is 14.6. The van der Waals surface area contributed by atoms with Crippen molar-refractivity contribution in [1.82, 2.24) is 9.88 Å². The van der Waals surface area contributed by atoms with Crippen molar-refractivity contribution in [2.75, 3.05) is 40.1 Å². The molecule has 0 fully saturated rings. The molecule has 0 bridgehead atoms. The van der Waals surface area contributed by atoms with Crippen LogP contribution in [0.2, 0.25) is 0 Å². The van der Waals surface area contributed by atoms with Crippen molar-refractivity contribution in [3.05, 3.63) is 40.8 Å². The fourth-order valence-electron chi connectivity index (χ4n) is 2.39. The quantitative estimate of drug-likeness (QED) is 0.652. The first-order chi connectivity index (χ1) is 12.2. The number of fused-ring (bicyclic) bond motifs is 1. The van der Waals surface area contributed by atoms with Gasteiger partial charge in [-0.2, -0.15) is 0 Å². The lowest BCUT2D eigenvalue weighted by Gasteiger charge is -2.11. The Morgan fingerprint density at radius 1 is 1.20 bits per heavy atom. The van der Waals surface area contributed by atoms with Crippen LogP contribution in [0.3, 0.4) is 0 Å². The number of rotatable bonds is 10. The van der Waals surface area contributed by atoms with Gasteiger partial charge in [0.15, 0.2) is 6.61 Å². The van der Waals surface area contributed by atoms with Crippen LogP contribution in [0.25, 0.3) is 10.8 Å². The van der Waals surface area contributed by atoms with E-state index in [9.17, 15) is 9.59 Å². The van der Waals surface area contributed by atoms with E-state index < -0.39 is 0 Å². The van der Waals surface area contributed by atoms with Crippen LogP contribution in [0.5, 0.6) is 5.75 Å². The van der Waals surface area contributed by atoms with Gasteiger partial charge < -0.3 is 24.1 Å².